The number of nitrogens with one attached hydrogen (secondary N) is 2. The molecular formula is C17H24N4O3S. The van der Waals surface area contributed by atoms with Crippen LogP contribution in [0.1, 0.15) is 31.7 Å². The summed E-state index contributed by atoms with van der Waals surface area (Å²) in [6.45, 7) is 3.32. The van der Waals surface area contributed by atoms with E-state index in [4.69, 9.17) is 0 Å². The van der Waals surface area contributed by atoms with Gasteiger partial charge in [0, 0.05) is 31.1 Å². The number of carbonyl (C=O) groups excluding carboxylic acids is 1. The van der Waals surface area contributed by atoms with Crippen LogP contribution < -0.4 is 10.0 Å². The summed E-state index contributed by atoms with van der Waals surface area (Å²) in [5.74, 6) is 0.383. The lowest BCUT2D eigenvalue weighted by Gasteiger charge is -2.33. The van der Waals surface area contributed by atoms with E-state index in [0.29, 0.717) is 24.0 Å². The normalized spacial score (nSPS) is 24.6. The molecule has 1 fully saturated rings. The van der Waals surface area contributed by atoms with Crippen LogP contribution in [0.3, 0.4) is 0 Å². The third kappa shape index (κ3) is 3.85. The highest BCUT2D eigenvalue weighted by atomic mass is 32.2. The topological polar surface area (TPSA) is 90.9 Å². The van der Waals surface area contributed by atoms with E-state index in [2.05, 4.69) is 15.0 Å². The van der Waals surface area contributed by atoms with Gasteiger partial charge < -0.3 is 10.2 Å². The minimum absolute atomic E-state index is 0.0611. The highest BCUT2D eigenvalue weighted by molar-refractivity contribution is 7.90. The number of benzene rings is 1. The number of fused-ring (bicyclic) bond motifs is 1. The molecule has 0 saturated carbocycles. The summed E-state index contributed by atoms with van der Waals surface area (Å²) in [4.78, 5) is 19.1. The number of aliphatic imine (C=N–C) groups is 1. The maximum atomic E-state index is 12.5. The number of carbonyl (C=O) groups is 1. The van der Waals surface area contributed by atoms with Crippen LogP contribution in [0.5, 0.6) is 0 Å². The molecule has 1 aromatic carbocycles. The summed E-state index contributed by atoms with van der Waals surface area (Å²) in [5, 5.41) is 3.22. The Kier molecular flexibility index (Phi) is 5.10. The molecule has 1 amide bonds. The van der Waals surface area contributed by atoms with E-state index in [9.17, 15) is 13.2 Å². The van der Waals surface area contributed by atoms with E-state index in [-0.39, 0.29) is 23.3 Å². The van der Waals surface area contributed by atoms with Crippen LogP contribution in [-0.2, 0) is 14.8 Å². The highest BCUT2D eigenvalue weighted by Gasteiger charge is 2.31. The van der Waals surface area contributed by atoms with Gasteiger partial charge in [-0.25, -0.2) is 8.42 Å². The zero-order valence-electron chi connectivity index (χ0n) is 14.5. The van der Waals surface area contributed by atoms with Crippen molar-refractivity contribution in [3.05, 3.63) is 29.8 Å². The van der Waals surface area contributed by atoms with Crippen molar-refractivity contribution in [3.8, 4) is 0 Å². The second-order valence-electron chi connectivity index (χ2n) is 6.60. The number of likely N-dealkylation sites (N-methyl/N-ethyl adjacent to an activating group) is 1. The second-order valence-corrected chi connectivity index (χ2v) is 8.25. The van der Waals surface area contributed by atoms with Gasteiger partial charge in [0.05, 0.1) is 10.9 Å². The zero-order valence-corrected chi connectivity index (χ0v) is 15.3. The fraction of sp³-hybridized carbons (Fsp3) is 0.529. The second kappa shape index (κ2) is 7.13. The van der Waals surface area contributed by atoms with Crippen molar-refractivity contribution in [2.45, 2.75) is 43.2 Å². The number of hydrogen-bond donors (Lipinski definition) is 2. The third-order valence-electron chi connectivity index (χ3n) is 4.66. The Morgan fingerprint density at radius 3 is 2.96 bits per heavy atom. The fourth-order valence-corrected chi connectivity index (χ4v) is 4.56. The standard InChI is InChI=1S/C17H24N4O3S/c1-12(10-16(22)21-9-5-6-13(11-21)18-2)19-17-14-7-3-4-8-15(14)25(23,24)20-17/h3-4,7-8,12-13,18H,5-6,9-11H2,1-2H3,(H,19,20). The summed E-state index contributed by atoms with van der Waals surface area (Å²) >= 11 is 0. The van der Waals surface area contributed by atoms with E-state index >= 15 is 0 Å². The molecule has 2 heterocycles. The Bertz CT molecular complexity index is 791. The Morgan fingerprint density at radius 1 is 1.44 bits per heavy atom. The highest BCUT2D eigenvalue weighted by Crippen LogP contribution is 2.23. The van der Waals surface area contributed by atoms with Crippen LogP contribution in [0, 0.1) is 0 Å². The number of nitrogens with zero attached hydrogens (tertiary/aromatic N) is 2. The maximum absolute atomic E-state index is 12.5. The summed E-state index contributed by atoms with van der Waals surface area (Å²) in [6, 6.07) is 6.78. The molecule has 0 bridgehead atoms. The van der Waals surface area contributed by atoms with Gasteiger partial charge in [-0.05, 0) is 38.9 Å². The smallest absolute Gasteiger partial charge is 0.263 e. The van der Waals surface area contributed by atoms with Crippen molar-refractivity contribution < 1.29 is 13.2 Å². The van der Waals surface area contributed by atoms with Crippen molar-refractivity contribution >= 4 is 21.8 Å². The molecule has 7 nitrogen and oxygen atoms in total. The molecule has 0 spiro atoms. The maximum Gasteiger partial charge on any atom is 0.263 e. The molecule has 2 N–H and O–H groups in total. The molecule has 8 heteroatoms. The van der Waals surface area contributed by atoms with E-state index in [1.54, 1.807) is 24.3 Å². The molecule has 3 rings (SSSR count). The minimum atomic E-state index is -3.54. The number of piperidine rings is 1. The number of likely N-dealkylation sites (tertiary alicyclic amines) is 1. The minimum Gasteiger partial charge on any atom is -0.341 e. The van der Waals surface area contributed by atoms with Crippen LogP contribution >= 0.6 is 0 Å². The van der Waals surface area contributed by atoms with Crippen molar-refractivity contribution in [2.75, 3.05) is 20.1 Å². The summed E-state index contributed by atoms with van der Waals surface area (Å²) in [7, 11) is -1.63. The van der Waals surface area contributed by atoms with Gasteiger partial charge in [-0.2, -0.15) is 0 Å². The van der Waals surface area contributed by atoms with Crippen molar-refractivity contribution in [1.29, 1.82) is 0 Å². The molecule has 1 saturated heterocycles. The number of hydrogen-bond acceptors (Lipinski definition) is 5. The van der Waals surface area contributed by atoms with E-state index in [1.807, 2.05) is 18.9 Å². The van der Waals surface area contributed by atoms with Crippen molar-refractivity contribution in [1.82, 2.24) is 14.9 Å². The monoisotopic (exact) mass is 364 g/mol. The molecule has 2 aliphatic heterocycles. The molecule has 0 aliphatic carbocycles. The van der Waals surface area contributed by atoms with E-state index in [1.165, 1.54) is 0 Å². The Balaban J connectivity index is 1.69. The lowest BCUT2D eigenvalue weighted by atomic mass is 10.0. The average Bonchev–Trinajstić information content (AvgIpc) is 2.85. The number of rotatable bonds is 4. The quantitative estimate of drug-likeness (QED) is 0.823. The summed E-state index contributed by atoms with van der Waals surface area (Å²) in [5.41, 5.74) is 0.565. The number of amidine groups is 1. The van der Waals surface area contributed by atoms with Crippen molar-refractivity contribution in [2.24, 2.45) is 4.99 Å². The molecule has 0 radical (unpaired) electrons. The van der Waals surface area contributed by atoms with Crippen molar-refractivity contribution in [3.63, 3.8) is 0 Å². The molecule has 2 unspecified atom stereocenters. The predicted octanol–water partition coefficient (Wildman–Crippen LogP) is 0.714. The van der Waals surface area contributed by atoms with Crippen LogP contribution in [0.15, 0.2) is 34.2 Å². The molecule has 0 aromatic heterocycles. The van der Waals surface area contributed by atoms with Gasteiger partial charge in [-0.3, -0.25) is 14.5 Å². The van der Waals surface area contributed by atoms with Gasteiger partial charge in [0.15, 0.2) is 0 Å². The Morgan fingerprint density at radius 2 is 2.20 bits per heavy atom. The predicted molar refractivity (Wildman–Crippen MR) is 96.0 cm³/mol. The molecule has 25 heavy (non-hydrogen) atoms. The first kappa shape index (κ1) is 17.9. The third-order valence-corrected chi connectivity index (χ3v) is 6.06. The Hall–Kier alpha value is -1.93. The summed E-state index contributed by atoms with van der Waals surface area (Å²) < 4.78 is 26.7. The average molecular weight is 364 g/mol. The molecule has 1 aromatic rings. The Labute approximate surface area is 148 Å². The van der Waals surface area contributed by atoms with Crippen LogP contribution in [-0.4, -0.2) is 57.3 Å². The largest absolute Gasteiger partial charge is 0.341 e. The van der Waals surface area contributed by atoms with Crippen LogP contribution in [0.4, 0.5) is 0 Å². The molecule has 2 atom stereocenters. The SMILES string of the molecule is CNC1CCCN(C(=O)CC(C)N=C2NS(=O)(=O)c3ccccc32)C1. The van der Waals surface area contributed by atoms with Gasteiger partial charge in [0.1, 0.15) is 5.84 Å². The lowest BCUT2D eigenvalue weighted by Crippen LogP contribution is -2.47. The zero-order chi connectivity index (χ0) is 18.0. The lowest BCUT2D eigenvalue weighted by molar-refractivity contribution is -0.132. The van der Waals surface area contributed by atoms with Gasteiger partial charge in [0.2, 0.25) is 5.91 Å². The first-order valence-corrected chi connectivity index (χ1v) is 10.0. The van der Waals surface area contributed by atoms with Gasteiger partial charge in [-0.15, -0.1) is 0 Å². The first-order chi connectivity index (χ1) is 11.9. The van der Waals surface area contributed by atoms with Crippen LogP contribution in [0.25, 0.3) is 0 Å². The van der Waals surface area contributed by atoms with Gasteiger partial charge in [0.25, 0.3) is 10.0 Å². The first-order valence-electron chi connectivity index (χ1n) is 8.56. The van der Waals surface area contributed by atoms with E-state index in [0.717, 1.165) is 19.4 Å². The van der Waals surface area contributed by atoms with Crippen LogP contribution in [0.2, 0.25) is 0 Å². The number of sulfonamides is 1. The van der Waals surface area contributed by atoms with Gasteiger partial charge >= 0.3 is 0 Å². The fourth-order valence-electron chi connectivity index (χ4n) is 3.32. The molecular weight excluding hydrogens is 340 g/mol. The molecule has 2 aliphatic rings. The van der Waals surface area contributed by atoms with Gasteiger partial charge in [-0.1, -0.05) is 12.1 Å². The number of amides is 1. The molecule has 136 valence electrons. The van der Waals surface area contributed by atoms with E-state index < -0.39 is 10.0 Å². The summed E-state index contributed by atoms with van der Waals surface area (Å²) in [6.07, 6.45) is 2.34.